The Hall–Kier alpha value is -2.58. The number of rotatable bonds is 2. The van der Waals surface area contributed by atoms with Crippen LogP contribution in [0.4, 0.5) is 0 Å². The second-order valence-electron chi connectivity index (χ2n) is 5.32. The number of H-pyrrole nitrogens is 1. The van der Waals surface area contributed by atoms with Crippen molar-refractivity contribution < 1.29 is 9.90 Å². The molecule has 0 saturated heterocycles. The first-order chi connectivity index (χ1) is 11.6. The van der Waals surface area contributed by atoms with Crippen LogP contribution in [0.25, 0.3) is 10.2 Å². The van der Waals surface area contributed by atoms with Gasteiger partial charge in [0.05, 0.1) is 5.39 Å². The average molecular weight is 344 g/mol. The van der Waals surface area contributed by atoms with Crippen LogP contribution in [0.3, 0.4) is 0 Å². The molecule has 0 aromatic carbocycles. The van der Waals surface area contributed by atoms with E-state index >= 15 is 0 Å². The fraction of sp³-hybridized carbons (Fsp3) is 0.250. The topological polar surface area (TPSA) is 122 Å². The number of hydrogen-bond acceptors (Lipinski definition) is 6. The molecule has 24 heavy (non-hydrogen) atoms. The molecule has 3 heterocycles. The standard InChI is InChI=1S/C10H8N2O3S.C6H8N2/c13-8-6-4-2-1-3-5(4)16-9(6)12-7(11-8)10(14)15;7-5-6-1-3-8-4-2-6/h1-3H2,(H,14,15)(H,11,12,13);1-4H,5,7H2. The number of aryl methyl sites for hydroxylation is 2. The Morgan fingerprint density at radius 2 is 2.08 bits per heavy atom. The van der Waals surface area contributed by atoms with E-state index in [-0.39, 0.29) is 11.4 Å². The monoisotopic (exact) mass is 344 g/mol. The first-order valence-electron chi connectivity index (χ1n) is 7.47. The van der Waals surface area contributed by atoms with Crippen molar-refractivity contribution in [3.05, 3.63) is 56.7 Å². The van der Waals surface area contributed by atoms with Gasteiger partial charge >= 0.3 is 5.97 Å². The summed E-state index contributed by atoms with van der Waals surface area (Å²) < 4.78 is 0. The van der Waals surface area contributed by atoms with Crippen LogP contribution in [0, 0.1) is 0 Å². The van der Waals surface area contributed by atoms with Crippen molar-refractivity contribution in [3.8, 4) is 0 Å². The number of nitrogens with zero attached hydrogens (tertiary/aromatic N) is 2. The number of carbonyl (C=O) groups is 1. The van der Waals surface area contributed by atoms with Gasteiger partial charge in [0.2, 0.25) is 5.82 Å². The Labute approximate surface area is 141 Å². The van der Waals surface area contributed by atoms with Crippen LogP contribution in [0.5, 0.6) is 0 Å². The summed E-state index contributed by atoms with van der Waals surface area (Å²) in [5, 5.41) is 9.37. The van der Waals surface area contributed by atoms with Crippen molar-refractivity contribution in [2.45, 2.75) is 25.8 Å². The zero-order valence-electron chi connectivity index (χ0n) is 12.8. The van der Waals surface area contributed by atoms with Gasteiger partial charge in [-0.25, -0.2) is 9.78 Å². The molecule has 124 valence electrons. The number of pyridine rings is 1. The number of nitrogens with two attached hydrogens (primary N) is 1. The summed E-state index contributed by atoms with van der Waals surface area (Å²) in [4.78, 5) is 34.3. The third-order valence-electron chi connectivity index (χ3n) is 3.76. The van der Waals surface area contributed by atoms with Gasteiger partial charge in [0.1, 0.15) is 4.83 Å². The normalized spacial score (nSPS) is 12.5. The van der Waals surface area contributed by atoms with Gasteiger partial charge in [0, 0.05) is 23.8 Å². The van der Waals surface area contributed by atoms with Crippen LogP contribution in [0.1, 0.15) is 33.0 Å². The van der Waals surface area contributed by atoms with E-state index in [0.29, 0.717) is 16.8 Å². The first kappa shape index (κ1) is 16.3. The molecule has 0 fully saturated rings. The number of nitrogens with one attached hydrogen (secondary N) is 1. The van der Waals surface area contributed by atoms with E-state index in [9.17, 15) is 9.59 Å². The first-order valence-corrected chi connectivity index (χ1v) is 8.28. The Bertz CT molecular complexity index is 934. The van der Waals surface area contributed by atoms with Gasteiger partial charge in [-0.3, -0.25) is 9.78 Å². The van der Waals surface area contributed by atoms with Crippen LogP contribution in [-0.2, 0) is 19.4 Å². The lowest BCUT2D eigenvalue weighted by molar-refractivity contribution is 0.0683. The maximum atomic E-state index is 11.8. The molecule has 7 nitrogen and oxygen atoms in total. The average Bonchev–Trinajstić information content (AvgIpc) is 3.16. The minimum atomic E-state index is -1.20. The van der Waals surface area contributed by atoms with E-state index in [1.54, 1.807) is 12.4 Å². The van der Waals surface area contributed by atoms with E-state index in [2.05, 4.69) is 15.0 Å². The van der Waals surface area contributed by atoms with E-state index in [0.717, 1.165) is 30.4 Å². The van der Waals surface area contributed by atoms with Crippen molar-refractivity contribution in [1.82, 2.24) is 15.0 Å². The number of carboxylic acids is 1. The molecule has 0 aliphatic heterocycles. The fourth-order valence-electron chi connectivity index (χ4n) is 2.62. The van der Waals surface area contributed by atoms with Crippen molar-refractivity contribution in [2.75, 3.05) is 0 Å². The second-order valence-corrected chi connectivity index (χ2v) is 6.40. The van der Waals surface area contributed by atoms with Crippen LogP contribution in [0.2, 0.25) is 0 Å². The van der Waals surface area contributed by atoms with Crippen molar-refractivity contribution in [1.29, 1.82) is 0 Å². The molecule has 4 rings (SSSR count). The van der Waals surface area contributed by atoms with Crippen molar-refractivity contribution in [2.24, 2.45) is 5.73 Å². The molecular formula is C16H16N4O3S. The molecule has 0 atom stereocenters. The van der Waals surface area contributed by atoms with E-state index < -0.39 is 5.97 Å². The molecule has 0 amide bonds. The Morgan fingerprint density at radius 1 is 1.33 bits per heavy atom. The maximum Gasteiger partial charge on any atom is 0.372 e. The van der Waals surface area contributed by atoms with Gasteiger partial charge < -0.3 is 15.8 Å². The van der Waals surface area contributed by atoms with Gasteiger partial charge in [-0.05, 0) is 42.5 Å². The SMILES string of the molecule is NCc1ccncc1.O=C(O)c1nc2sc3c(c2c(=O)[nH]1)CCC3. The summed E-state index contributed by atoms with van der Waals surface area (Å²) in [5.74, 6) is -1.48. The number of fused-ring (bicyclic) bond motifs is 3. The third-order valence-corrected chi connectivity index (χ3v) is 4.95. The highest BCUT2D eigenvalue weighted by atomic mass is 32.1. The molecule has 1 aliphatic rings. The minimum absolute atomic E-state index is 0.280. The lowest BCUT2D eigenvalue weighted by Gasteiger charge is -1.95. The summed E-state index contributed by atoms with van der Waals surface area (Å²) in [6.45, 7) is 0.600. The summed E-state index contributed by atoms with van der Waals surface area (Å²) in [6, 6.07) is 3.81. The zero-order chi connectivity index (χ0) is 17.1. The van der Waals surface area contributed by atoms with E-state index in [1.807, 2.05) is 12.1 Å². The third kappa shape index (κ3) is 3.19. The number of carboxylic acid groups (broad SMARTS) is 1. The molecule has 0 spiro atoms. The number of aromatic nitrogens is 3. The lowest BCUT2D eigenvalue weighted by Crippen LogP contribution is -2.15. The summed E-state index contributed by atoms with van der Waals surface area (Å²) >= 11 is 1.44. The highest BCUT2D eigenvalue weighted by Gasteiger charge is 2.21. The lowest BCUT2D eigenvalue weighted by atomic mass is 10.2. The smallest absolute Gasteiger partial charge is 0.372 e. The largest absolute Gasteiger partial charge is 0.475 e. The van der Waals surface area contributed by atoms with Gasteiger partial charge in [0.25, 0.3) is 5.56 Å². The molecule has 0 saturated carbocycles. The van der Waals surface area contributed by atoms with Crippen LogP contribution in [-0.4, -0.2) is 26.0 Å². The summed E-state index contributed by atoms with van der Waals surface area (Å²) in [5.41, 5.74) is 7.18. The molecule has 0 unspecified atom stereocenters. The molecule has 3 aromatic rings. The van der Waals surface area contributed by atoms with Crippen LogP contribution in [0.15, 0.2) is 29.3 Å². The predicted molar refractivity (Wildman–Crippen MR) is 91.4 cm³/mol. The molecule has 0 radical (unpaired) electrons. The Kier molecular flexibility index (Phi) is 4.68. The van der Waals surface area contributed by atoms with Gasteiger partial charge in [-0.2, -0.15) is 0 Å². The quantitative estimate of drug-likeness (QED) is 0.650. The highest BCUT2D eigenvalue weighted by molar-refractivity contribution is 7.18. The number of thiophene rings is 1. The summed E-state index contributed by atoms with van der Waals surface area (Å²) in [6.07, 6.45) is 6.41. The molecule has 0 bridgehead atoms. The van der Waals surface area contributed by atoms with E-state index in [4.69, 9.17) is 10.8 Å². The summed E-state index contributed by atoms with van der Waals surface area (Å²) in [7, 11) is 0. The van der Waals surface area contributed by atoms with Crippen molar-refractivity contribution >= 4 is 27.5 Å². The Morgan fingerprint density at radius 3 is 2.71 bits per heavy atom. The minimum Gasteiger partial charge on any atom is -0.475 e. The Balaban J connectivity index is 0.000000179. The number of aromatic carboxylic acids is 1. The maximum absolute atomic E-state index is 11.8. The molecular weight excluding hydrogens is 328 g/mol. The number of hydrogen-bond donors (Lipinski definition) is 3. The number of aromatic amines is 1. The van der Waals surface area contributed by atoms with Crippen LogP contribution >= 0.6 is 11.3 Å². The zero-order valence-corrected chi connectivity index (χ0v) is 13.6. The van der Waals surface area contributed by atoms with Crippen molar-refractivity contribution in [3.63, 3.8) is 0 Å². The van der Waals surface area contributed by atoms with E-state index in [1.165, 1.54) is 16.2 Å². The molecule has 1 aliphatic carbocycles. The molecule has 3 aromatic heterocycles. The molecule has 4 N–H and O–H groups in total. The highest BCUT2D eigenvalue weighted by Crippen LogP contribution is 2.34. The predicted octanol–water partition coefficient (Wildman–Crippen LogP) is 1.71. The van der Waals surface area contributed by atoms with Gasteiger partial charge in [-0.1, -0.05) is 0 Å². The van der Waals surface area contributed by atoms with Gasteiger partial charge in [0.15, 0.2) is 0 Å². The second kappa shape index (κ2) is 6.90. The van der Waals surface area contributed by atoms with Crippen LogP contribution < -0.4 is 11.3 Å². The molecule has 8 heteroatoms. The fourth-order valence-corrected chi connectivity index (χ4v) is 3.88. The van der Waals surface area contributed by atoms with Gasteiger partial charge in [-0.15, -0.1) is 11.3 Å².